The first-order chi connectivity index (χ1) is 12.8. The highest BCUT2D eigenvalue weighted by atomic mass is 79.9. The number of hydrogen-bond acceptors (Lipinski definition) is 6. The van der Waals surface area contributed by atoms with Gasteiger partial charge in [-0.2, -0.15) is 4.98 Å². The van der Waals surface area contributed by atoms with Crippen LogP contribution in [0.1, 0.15) is 17.4 Å². The third-order valence-electron chi connectivity index (χ3n) is 4.06. The van der Waals surface area contributed by atoms with Gasteiger partial charge in [0.05, 0.1) is 17.5 Å². The molecule has 0 saturated carbocycles. The molecule has 3 aromatic rings. The number of sulfone groups is 1. The summed E-state index contributed by atoms with van der Waals surface area (Å²) in [5.41, 5.74) is 7.73. The van der Waals surface area contributed by atoms with Gasteiger partial charge in [0, 0.05) is 17.1 Å². The van der Waals surface area contributed by atoms with Gasteiger partial charge in [-0.05, 0) is 42.8 Å². The lowest BCUT2D eigenvalue weighted by molar-refractivity contribution is 0.171. The Bertz CT molecular complexity index is 1050. The second-order valence-electron chi connectivity index (χ2n) is 6.02. The van der Waals surface area contributed by atoms with Gasteiger partial charge in [0.2, 0.25) is 20.8 Å². The van der Waals surface area contributed by atoms with Gasteiger partial charge in [0.25, 0.3) is 0 Å². The first-order valence-corrected chi connectivity index (χ1v) is 10.4. The molecule has 2 N–H and O–H groups in total. The molecule has 1 aromatic heterocycles. The molecule has 0 radical (unpaired) electrons. The third kappa shape index (κ3) is 3.98. The minimum atomic E-state index is -3.91. The smallest absolute Gasteiger partial charge is 0.227 e. The fraction of sp³-hybridized carbons (Fsp3) is 0.211. The van der Waals surface area contributed by atoms with Crippen LogP contribution < -0.4 is 5.73 Å². The molecular weight excluding hydrogens is 432 g/mol. The van der Waals surface area contributed by atoms with E-state index in [1.165, 1.54) is 19.2 Å². The molecule has 0 aliphatic carbocycles. The van der Waals surface area contributed by atoms with E-state index in [4.69, 9.17) is 14.9 Å². The largest absolute Gasteiger partial charge is 0.438 e. The van der Waals surface area contributed by atoms with Crippen LogP contribution in [0, 0.1) is 6.92 Å². The number of nitrogens with two attached hydrogens (primary N) is 1. The number of aromatic nitrogens is 1. The molecule has 0 fully saturated rings. The van der Waals surface area contributed by atoms with Gasteiger partial charge < -0.3 is 14.9 Å². The number of nitrogens with zero attached hydrogens (tertiary/aromatic N) is 1. The number of rotatable bonds is 6. The number of oxazole rings is 1. The van der Waals surface area contributed by atoms with Crippen molar-refractivity contribution in [3.05, 3.63) is 64.3 Å². The van der Waals surface area contributed by atoms with E-state index in [1.54, 1.807) is 12.1 Å². The number of methoxy groups -OCH3 is 1. The molecule has 6 nitrogen and oxygen atoms in total. The summed E-state index contributed by atoms with van der Waals surface area (Å²) in [7, 11) is -2.42. The Morgan fingerprint density at radius 3 is 2.48 bits per heavy atom. The molecule has 0 aliphatic rings. The predicted octanol–water partition coefficient (Wildman–Crippen LogP) is 3.89. The molecular formula is C19H19BrN2O4S. The van der Waals surface area contributed by atoms with E-state index in [1.807, 2.05) is 31.2 Å². The zero-order valence-electron chi connectivity index (χ0n) is 14.8. The van der Waals surface area contributed by atoms with E-state index in [0.29, 0.717) is 5.56 Å². The number of hydrogen-bond donors (Lipinski definition) is 1. The van der Waals surface area contributed by atoms with Crippen molar-refractivity contribution in [1.29, 1.82) is 0 Å². The van der Waals surface area contributed by atoms with E-state index in [2.05, 4.69) is 20.9 Å². The van der Waals surface area contributed by atoms with Crippen molar-refractivity contribution in [2.75, 3.05) is 13.7 Å². The number of ether oxygens (including phenoxy) is 1. The molecule has 1 atom stereocenters. The number of aryl methyl sites for hydroxylation is 1. The van der Waals surface area contributed by atoms with Gasteiger partial charge in [-0.1, -0.05) is 34.1 Å². The molecule has 2 aromatic carbocycles. The maximum absolute atomic E-state index is 13.2. The molecule has 1 unspecified atom stereocenters. The molecule has 3 rings (SSSR count). The summed E-state index contributed by atoms with van der Waals surface area (Å²) in [5.74, 6) is 0.295. The van der Waals surface area contributed by atoms with Crippen LogP contribution in [0.25, 0.3) is 11.5 Å². The summed E-state index contributed by atoms with van der Waals surface area (Å²) >= 11 is 3.30. The Morgan fingerprint density at radius 1 is 1.19 bits per heavy atom. The summed E-state index contributed by atoms with van der Waals surface area (Å²) in [6.45, 7) is 2.00. The van der Waals surface area contributed by atoms with Crippen molar-refractivity contribution in [2.45, 2.75) is 22.9 Å². The van der Waals surface area contributed by atoms with Crippen LogP contribution in [0.5, 0.6) is 0 Å². The fourth-order valence-electron chi connectivity index (χ4n) is 2.65. The zero-order valence-corrected chi connectivity index (χ0v) is 17.2. The van der Waals surface area contributed by atoms with Crippen molar-refractivity contribution >= 4 is 25.8 Å². The summed E-state index contributed by atoms with van der Waals surface area (Å²) in [6.07, 6.45) is 0. The highest BCUT2D eigenvalue weighted by molar-refractivity contribution is 9.10. The second-order valence-corrected chi connectivity index (χ2v) is 8.80. The highest BCUT2D eigenvalue weighted by Crippen LogP contribution is 2.33. The van der Waals surface area contributed by atoms with Gasteiger partial charge in [-0.15, -0.1) is 0 Å². The first-order valence-electron chi connectivity index (χ1n) is 8.16. The lowest BCUT2D eigenvalue weighted by atomic mass is 10.1. The van der Waals surface area contributed by atoms with Crippen molar-refractivity contribution < 1.29 is 17.6 Å². The quantitative estimate of drug-likeness (QED) is 0.611. The number of halogens is 1. The van der Waals surface area contributed by atoms with Gasteiger partial charge in [-0.3, -0.25) is 0 Å². The standard InChI is InChI=1S/C19H19BrN2O4S/c1-12-5-3-4-6-15(12)18-22-19(17(26-18)16(21)11-25-2)27(23,24)14-9-7-13(20)8-10-14/h3-10,16H,11,21H2,1-2H3. The Kier molecular flexibility index (Phi) is 5.81. The minimum Gasteiger partial charge on any atom is -0.438 e. The highest BCUT2D eigenvalue weighted by Gasteiger charge is 2.31. The fourth-order valence-corrected chi connectivity index (χ4v) is 4.30. The Balaban J connectivity index is 2.18. The molecule has 27 heavy (non-hydrogen) atoms. The van der Waals surface area contributed by atoms with Crippen LogP contribution in [0.4, 0.5) is 0 Å². The molecule has 142 valence electrons. The van der Waals surface area contributed by atoms with Crippen LogP contribution in [0.15, 0.2) is 67.3 Å². The summed E-state index contributed by atoms with van der Waals surface area (Å²) < 4.78 is 38.0. The minimum absolute atomic E-state index is 0.0815. The summed E-state index contributed by atoms with van der Waals surface area (Å²) in [6, 6.07) is 13.0. The second kappa shape index (κ2) is 7.93. The van der Waals surface area contributed by atoms with E-state index >= 15 is 0 Å². The van der Waals surface area contributed by atoms with Gasteiger partial charge in [0.1, 0.15) is 0 Å². The maximum Gasteiger partial charge on any atom is 0.227 e. The Labute approximate surface area is 166 Å². The summed E-state index contributed by atoms with van der Waals surface area (Å²) in [4.78, 5) is 4.43. The molecule has 8 heteroatoms. The van der Waals surface area contributed by atoms with Crippen LogP contribution in [0.2, 0.25) is 0 Å². The SMILES string of the molecule is COCC(N)c1oc(-c2ccccc2C)nc1S(=O)(=O)c1ccc(Br)cc1. The average molecular weight is 451 g/mol. The van der Waals surface area contributed by atoms with E-state index in [0.717, 1.165) is 10.0 Å². The van der Waals surface area contributed by atoms with Crippen molar-refractivity contribution in [3.63, 3.8) is 0 Å². The van der Waals surface area contributed by atoms with Crippen LogP contribution >= 0.6 is 15.9 Å². The van der Waals surface area contributed by atoms with Crippen molar-refractivity contribution in [2.24, 2.45) is 5.73 Å². The van der Waals surface area contributed by atoms with Gasteiger partial charge in [0.15, 0.2) is 5.76 Å². The van der Waals surface area contributed by atoms with Crippen LogP contribution in [-0.2, 0) is 14.6 Å². The topological polar surface area (TPSA) is 95.4 Å². The maximum atomic E-state index is 13.2. The van der Waals surface area contributed by atoms with Crippen molar-refractivity contribution in [1.82, 2.24) is 4.98 Å². The molecule has 0 aliphatic heterocycles. The lowest BCUT2D eigenvalue weighted by Gasteiger charge is -2.09. The monoisotopic (exact) mass is 450 g/mol. The summed E-state index contributed by atoms with van der Waals surface area (Å²) in [5, 5.41) is -0.187. The molecule has 0 bridgehead atoms. The van der Waals surface area contributed by atoms with Crippen LogP contribution in [-0.4, -0.2) is 27.1 Å². The van der Waals surface area contributed by atoms with E-state index in [-0.39, 0.29) is 28.2 Å². The normalized spacial score (nSPS) is 12.9. The molecule has 0 saturated heterocycles. The molecule has 0 spiro atoms. The van der Waals surface area contributed by atoms with Gasteiger partial charge >= 0.3 is 0 Å². The molecule has 1 heterocycles. The number of benzene rings is 2. The van der Waals surface area contributed by atoms with Crippen LogP contribution in [0.3, 0.4) is 0 Å². The zero-order chi connectivity index (χ0) is 19.6. The molecule has 0 amide bonds. The van der Waals surface area contributed by atoms with E-state index < -0.39 is 15.9 Å². The van der Waals surface area contributed by atoms with Crippen molar-refractivity contribution in [3.8, 4) is 11.5 Å². The first kappa shape index (κ1) is 19.8. The van der Waals surface area contributed by atoms with E-state index in [9.17, 15) is 8.42 Å². The average Bonchev–Trinajstić information content (AvgIpc) is 3.09. The Hall–Kier alpha value is -2.00. The Morgan fingerprint density at radius 2 is 1.85 bits per heavy atom. The van der Waals surface area contributed by atoms with Gasteiger partial charge in [-0.25, -0.2) is 8.42 Å². The predicted molar refractivity (Wildman–Crippen MR) is 105 cm³/mol. The third-order valence-corrected chi connectivity index (χ3v) is 6.28. The lowest BCUT2D eigenvalue weighted by Crippen LogP contribution is -2.18.